The van der Waals surface area contributed by atoms with E-state index in [-0.39, 0.29) is 30.9 Å². The summed E-state index contributed by atoms with van der Waals surface area (Å²) in [5.74, 6) is -0.289. The number of nitrogens with zero attached hydrogens (tertiary/aromatic N) is 2. The van der Waals surface area contributed by atoms with Crippen LogP contribution < -0.4 is 4.74 Å². The van der Waals surface area contributed by atoms with Crippen molar-refractivity contribution in [1.82, 2.24) is 9.80 Å². The van der Waals surface area contributed by atoms with E-state index in [9.17, 15) is 22.4 Å². The van der Waals surface area contributed by atoms with Gasteiger partial charge in [-0.15, -0.1) is 0 Å². The molecule has 1 amide bonds. The molecule has 186 valence electrons. The van der Waals surface area contributed by atoms with Crippen LogP contribution in [-0.4, -0.2) is 48.2 Å². The summed E-state index contributed by atoms with van der Waals surface area (Å²) < 4.78 is 65.3. The van der Waals surface area contributed by atoms with Crippen molar-refractivity contribution in [3.63, 3.8) is 0 Å². The van der Waals surface area contributed by atoms with Crippen molar-refractivity contribution in [1.29, 1.82) is 0 Å². The number of piperidine rings is 1. The molecule has 0 bridgehead atoms. The van der Waals surface area contributed by atoms with Crippen LogP contribution in [0.1, 0.15) is 43.4 Å². The minimum absolute atomic E-state index is 0.0276. The number of hydrogen-bond donors (Lipinski definition) is 0. The molecule has 0 atom stereocenters. The predicted octanol–water partition coefficient (Wildman–Crippen LogP) is 5.86. The lowest BCUT2D eigenvalue weighted by Crippen LogP contribution is -2.46. The molecule has 3 rings (SSSR count). The van der Waals surface area contributed by atoms with Gasteiger partial charge in [0.15, 0.2) is 0 Å². The first-order valence-corrected chi connectivity index (χ1v) is 11.3. The van der Waals surface area contributed by atoms with Gasteiger partial charge in [-0.1, -0.05) is 18.2 Å². The van der Waals surface area contributed by atoms with Crippen LogP contribution in [0.25, 0.3) is 0 Å². The van der Waals surface area contributed by atoms with Gasteiger partial charge in [0.1, 0.15) is 18.2 Å². The fourth-order valence-corrected chi connectivity index (χ4v) is 3.95. The SMILES string of the molecule is CC(C)Oc1ccc(COC(=O)N(Cc2ccc(F)cc2C(F)(F)F)C2CCN(C)CC2)cc1. The number of alkyl halides is 3. The largest absolute Gasteiger partial charge is 0.491 e. The smallest absolute Gasteiger partial charge is 0.416 e. The van der Waals surface area contributed by atoms with Crippen LogP contribution in [0.2, 0.25) is 0 Å². The molecule has 34 heavy (non-hydrogen) atoms. The molecule has 0 spiro atoms. The van der Waals surface area contributed by atoms with E-state index in [0.29, 0.717) is 37.7 Å². The zero-order valence-electron chi connectivity index (χ0n) is 19.6. The zero-order chi connectivity index (χ0) is 24.9. The number of carbonyl (C=O) groups is 1. The standard InChI is InChI=1S/C25H30F4N2O3/c1-17(2)34-22-8-4-18(5-9-22)16-33-24(32)31(21-10-12-30(3)13-11-21)15-19-6-7-20(26)14-23(19)25(27,28)29/h4-9,14,17,21H,10-13,15-16H2,1-3H3. The number of ether oxygens (including phenoxy) is 2. The third-order valence-corrected chi connectivity index (χ3v) is 5.74. The van der Waals surface area contributed by atoms with Gasteiger partial charge in [0.05, 0.1) is 11.7 Å². The van der Waals surface area contributed by atoms with Crippen molar-refractivity contribution in [2.75, 3.05) is 20.1 Å². The second-order valence-electron chi connectivity index (χ2n) is 8.83. The minimum atomic E-state index is -4.74. The summed E-state index contributed by atoms with van der Waals surface area (Å²) in [4.78, 5) is 16.5. The number of rotatable bonds is 7. The molecule has 0 saturated carbocycles. The zero-order valence-corrected chi connectivity index (χ0v) is 19.6. The van der Waals surface area contributed by atoms with Crippen LogP contribution >= 0.6 is 0 Å². The predicted molar refractivity (Wildman–Crippen MR) is 120 cm³/mol. The average Bonchev–Trinajstić information content (AvgIpc) is 2.77. The first-order chi connectivity index (χ1) is 16.0. The Bertz CT molecular complexity index is 956. The number of amides is 1. The summed E-state index contributed by atoms with van der Waals surface area (Å²) in [5.41, 5.74) is -0.524. The number of carbonyl (C=O) groups excluding carboxylic acids is 1. The maximum atomic E-state index is 13.6. The Morgan fingerprint density at radius 2 is 1.76 bits per heavy atom. The van der Waals surface area contributed by atoms with Crippen LogP contribution in [-0.2, 0) is 24.1 Å². The Kier molecular flexibility index (Phi) is 8.41. The molecule has 5 nitrogen and oxygen atoms in total. The second kappa shape index (κ2) is 11.1. The van der Waals surface area contributed by atoms with E-state index in [4.69, 9.17) is 9.47 Å². The van der Waals surface area contributed by atoms with Crippen LogP contribution in [0.4, 0.5) is 22.4 Å². The summed E-state index contributed by atoms with van der Waals surface area (Å²) in [6.07, 6.45) is -4.20. The Balaban J connectivity index is 1.76. The first-order valence-electron chi connectivity index (χ1n) is 11.3. The maximum absolute atomic E-state index is 13.6. The van der Waals surface area contributed by atoms with Crippen molar-refractivity contribution in [3.8, 4) is 5.75 Å². The van der Waals surface area contributed by atoms with E-state index < -0.39 is 23.7 Å². The summed E-state index contributed by atoms with van der Waals surface area (Å²) in [6, 6.07) is 9.33. The van der Waals surface area contributed by atoms with Gasteiger partial charge >= 0.3 is 12.3 Å². The van der Waals surface area contributed by atoms with Gasteiger partial charge < -0.3 is 19.3 Å². The van der Waals surface area contributed by atoms with Gasteiger partial charge in [0, 0.05) is 12.6 Å². The lowest BCUT2D eigenvalue weighted by molar-refractivity contribution is -0.138. The number of hydrogen-bond acceptors (Lipinski definition) is 4. The summed E-state index contributed by atoms with van der Waals surface area (Å²) >= 11 is 0. The summed E-state index contributed by atoms with van der Waals surface area (Å²) in [6.45, 7) is 4.91. The van der Waals surface area contributed by atoms with E-state index in [1.54, 1.807) is 24.3 Å². The van der Waals surface area contributed by atoms with Crippen molar-refractivity contribution in [3.05, 3.63) is 65.0 Å². The molecule has 9 heteroatoms. The van der Waals surface area contributed by atoms with Crippen LogP contribution in [0.5, 0.6) is 5.75 Å². The third kappa shape index (κ3) is 7.09. The van der Waals surface area contributed by atoms with E-state index in [2.05, 4.69) is 4.90 Å². The highest BCUT2D eigenvalue weighted by atomic mass is 19.4. The number of likely N-dealkylation sites (tertiary alicyclic amines) is 1. The van der Waals surface area contributed by atoms with E-state index in [1.807, 2.05) is 20.9 Å². The van der Waals surface area contributed by atoms with Gasteiger partial charge in [-0.25, -0.2) is 9.18 Å². The Morgan fingerprint density at radius 1 is 1.12 bits per heavy atom. The molecule has 2 aromatic rings. The lowest BCUT2D eigenvalue weighted by atomic mass is 10.0. The molecule has 1 fully saturated rings. The van der Waals surface area contributed by atoms with Gasteiger partial charge in [0.2, 0.25) is 0 Å². The molecule has 0 aromatic heterocycles. The topological polar surface area (TPSA) is 42.0 Å². The molecule has 0 radical (unpaired) electrons. The Morgan fingerprint density at radius 3 is 2.35 bits per heavy atom. The molecule has 1 aliphatic rings. The monoisotopic (exact) mass is 482 g/mol. The quantitative estimate of drug-likeness (QED) is 0.464. The van der Waals surface area contributed by atoms with Gasteiger partial charge in [-0.2, -0.15) is 13.2 Å². The highest BCUT2D eigenvalue weighted by molar-refractivity contribution is 5.68. The van der Waals surface area contributed by atoms with Gasteiger partial charge in [-0.3, -0.25) is 0 Å². The molecule has 0 N–H and O–H groups in total. The maximum Gasteiger partial charge on any atom is 0.416 e. The van der Waals surface area contributed by atoms with E-state index >= 15 is 0 Å². The lowest BCUT2D eigenvalue weighted by Gasteiger charge is -2.37. The number of benzene rings is 2. The minimum Gasteiger partial charge on any atom is -0.491 e. The second-order valence-corrected chi connectivity index (χ2v) is 8.83. The first kappa shape index (κ1) is 25.8. The fourth-order valence-electron chi connectivity index (χ4n) is 3.95. The van der Waals surface area contributed by atoms with E-state index in [1.165, 1.54) is 4.90 Å². The molecule has 1 saturated heterocycles. The Labute approximate surface area is 197 Å². The van der Waals surface area contributed by atoms with Crippen molar-refractivity contribution < 1.29 is 31.8 Å². The van der Waals surface area contributed by atoms with Crippen molar-refractivity contribution in [2.45, 2.75) is 58.2 Å². The Hall–Kier alpha value is -2.81. The van der Waals surface area contributed by atoms with Crippen LogP contribution in [0.3, 0.4) is 0 Å². The normalized spacial score (nSPS) is 15.4. The highest BCUT2D eigenvalue weighted by Gasteiger charge is 2.36. The molecule has 1 heterocycles. The highest BCUT2D eigenvalue weighted by Crippen LogP contribution is 2.34. The van der Waals surface area contributed by atoms with Gasteiger partial charge in [0.25, 0.3) is 0 Å². The van der Waals surface area contributed by atoms with Crippen LogP contribution in [0.15, 0.2) is 42.5 Å². The van der Waals surface area contributed by atoms with Crippen molar-refractivity contribution >= 4 is 6.09 Å². The molecule has 2 aromatic carbocycles. The van der Waals surface area contributed by atoms with E-state index in [0.717, 1.165) is 17.7 Å². The van der Waals surface area contributed by atoms with Gasteiger partial charge in [-0.05, 0) is 82.2 Å². The fraction of sp³-hybridized carbons (Fsp3) is 0.480. The molecule has 1 aliphatic heterocycles. The molecule has 0 unspecified atom stereocenters. The molecular formula is C25H30F4N2O3. The van der Waals surface area contributed by atoms with Crippen molar-refractivity contribution in [2.24, 2.45) is 0 Å². The summed E-state index contributed by atoms with van der Waals surface area (Å²) in [5, 5.41) is 0. The third-order valence-electron chi connectivity index (χ3n) is 5.74. The van der Waals surface area contributed by atoms with Crippen LogP contribution in [0, 0.1) is 5.82 Å². The average molecular weight is 483 g/mol. The molecular weight excluding hydrogens is 452 g/mol. The summed E-state index contributed by atoms with van der Waals surface area (Å²) in [7, 11) is 1.95. The molecule has 0 aliphatic carbocycles. The number of halogens is 4.